The molecule has 1 saturated carbocycles. The molecule has 1 aromatic heterocycles. The summed E-state index contributed by atoms with van der Waals surface area (Å²) < 4.78 is 60.0. The van der Waals surface area contributed by atoms with Gasteiger partial charge >= 0.3 is 6.18 Å². The predicted molar refractivity (Wildman–Crippen MR) is 94.4 cm³/mol. The van der Waals surface area contributed by atoms with Crippen molar-refractivity contribution in [2.75, 3.05) is 19.6 Å². The minimum absolute atomic E-state index is 0.141. The number of halogens is 5. The number of nitrogens with zero attached hydrogens (tertiary/aromatic N) is 4. The van der Waals surface area contributed by atoms with E-state index in [0.717, 1.165) is 17.0 Å². The van der Waals surface area contributed by atoms with Gasteiger partial charge in [-0.05, 0) is 53.2 Å². The molecule has 1 aliphatic heterocycles. The molecule has 0 bridgehead atoms. The van der Waals surface area contributed by atoms with E-state index in [9.17, 15) is 17.6 Å². The van der Waals surface area contributed by atoms with E-state index in [1.54, 1.807) is 6.07 Å². The van der Waals surface area contributed by atoms with Gasteiger partial charge in [0.2, 0.25) is 0 Å². The summed E-state index contributed by atoms with van der Waals surface area (Å²) in [5.74, 6) is 1.08. The molecule has 0 radical (unpaired) electrons. The zero-order chi connectivity index (χ0) is 19.2. The fourth-order valence-electron chi connectivity index (χ4n) is 3.40. The number of ether oxygens (including phenoxy) is 1. The average Bonchev–Trinajstić information content (AvgIpc) is 3.30. The SMILES string of the molecule is FC1CN(CC(F)(F)F)CCC1Oc1ccc2c(nnn2CC2CC2)c1Br. The summed E-state index contributed by atoms with van der Waals surface area (Å²) in [5.41, 5.74) is 1.51. The van der Waals surface area contributed by atoms with Gasteiger partial charge in [-0.25, -0.2) is 9.07 Å². The van der Waals surface area contributed by atoms with Crippen LogP contribution in [0.4, 0.5) is 17.6 Å². The molecule has 2 atom stereocenters. The first-order valence-corrected chi connectivity index (χ1v) is 9.71. The predicted octanol–water partition coefficient (Wildman–Crippen LogP) is 3.96. The van der Waals surface area contributed by atoms with Gasteiger partial charge in [0.05, 0.1) is 16.5 Å². The van der Waals surface area contributed by atoms with Crippen LogP contribution in [0.25, 0.3) is 11.0 Å². The molecule has 27 heavy (non-hydrogen) atoms. The zero-order valence-electron chi connectivity index (χ0n) is 14.4. The largest absolute Gasteiger partial charge is 0.486 e. The van der Waals surface area contributed by atoms with Crippen LogP contribution < -0.4 is 4.74 Å². The summed E-state index contributed by atoms with van der Waals surface area (Å²) in [4.78, 5) is 1.08. The third-order valence-electron chi connectivity index (χ3n) is 4.97. The van der Waals surface area contributed by atoms with Crippen molar-refractivity contribution in [3.05, 3.63) is 16.6 Å². The van der Waals surface area contributed by atoms with E-state index in [4.69, 9.17) is 4.74 Å². The van der Waals surface area contributed by atoms with Crippen molar-refractivity contribution < 1.29 is 22.3 Å². The van der Waals surface area contributed by atoms with Crippen molar-refractivity contribution in [3.8, 4) is 5.75 Å². The van der Waals surface area contributed by atoms with Gasteiger partial charge in [-0.3, -0.25) is 4.90 Å². The lowest BCUT2D eigenvalue weighted by Crippen LogP contribution is -2.49. The highest BCUT2D eigenvalue weighted by atomic mass is 79.9. The Kier molecular flexibility index (Phi) is 5.04. The monoisotopic (exact) mass is 450 g/mol. The van der Waals surface area contributed by atoms with Crippen molar-refractivity contribution in [1.29, 1.82) is 0 Å². The molecule has 5 nitrogen and oxygen atoms in total. The molecule has 0 spiro atoms. The minimum Gasteiger partial charge on any atom is -0.486 e. The summed E-state index contributed by atoms with van der Waals surface area (Å²) in [6.07, 6.45) is -4.01. The van der Waals surface area contributed by atoms with Crippen LogP contribution in [-0.2, 0) is 6.54 Å². The summed E-state index contributed by atoms with van der Waals surface area (Å²) >= 11 is 3.45. The van der Waals surface area contributed by atoms with Gasteiger partial charge in [-0.15, -0.1) is 5.10 Å². The molecule has 0 amide bonds. The molecule has 2 aliphatic rings. The average molecular weight is 451 g/mol. The van der Waals surface area contributed by atoms with E-state index in [-0.39, 0.29) is 19.5 Å². The van der Waals surface area contributed by atoms with Gasteiger partial charge in [0.1, 0.15) is 23.5 Å². The quantitative estimate of drug-likeness (QED) is 0.646. The number of hydrogen-bond donors (Lipinski definition) is 0. The van der Waals surface area contributed by atoms with Crippen LogP contribution in [0.5, 0.6) is 5.75 Å². The number of rotatable bonds is 5. The number of likely N-dealkylation sites (tertiary alicyclic amines) is 1. The molecule has 1 aromatic carbocycles. The van der Waals surface area contributed by atoms with Crippen molar-refractivity contribution in [2.45, 2.75) is 44.3 Å². The van der Waals surface area contributed by atoms with Gasteiger partial charge in [-0.2, -0.15) is 13.2 Å². The summed E-state index contributed by atoms with van der Waals surface area (Å²) in [6, 6.07) is 3.57. The Morgan fingerprint density at radius 1 is 1.22 bits per heavy atom. The third kappa shape index (κ3) is 4.37. The molecule has 1 saturated heterocycles. The smallest absolute Gasteiger partial charge is 0.401 e. The Labute approximate surface area is 161 Å². The van der Waals surface area contributed by atoms with Crippen LogP contribution >= 0.6 is 15.9 Å². The molecule has 148 valence electrons. The van der Waals surface area contributed by atoms with Crippen LogP contribution in [0.3, 0.4) is 0 Å². The van der Waals surface area contributed by atoms with Crippen molar-refractivity contribution in [1.82, 2.24) is 19.9 Å². The highest BCUT2D eigenvalue weighted by molar-refractivity contribution is 9.10. The zero-order valence-corrected chi connectivity index (χ0v) is 16.0. The molecule has 2 unspecified atom stereocenters. The first kappa shape index (κ1) is 18.9. The van der Waals surface area contributed by atoms with E-state index < -0.39 is 25.0 Å². The van der Waals surface area contributed by atoms with Gasteiger partial charge < -0.3 is 4.74 Å². The number of aromatic nitrogens is 3. The van der Waals surface area contributed by atoms with E-state index in [1.807, 2.05) is 10.7 Å². The topological polar surface area (TPSA) is 43.2 Å². The molecule has 1 aliphatic carbocycles. The number of piperidine rings is 1. The van der Waals surface area contributed by atoms with Crippen LogP contribution in [0, 0.1) is 5.92 Å². The van der Waals surface area contributed by atoms with Crippen LogP contribution in [0.1, 0.15) is 19.3 Å². The number of alkyl halides is 4. The lowest BCUT2D eigenvalue weighted by molar-refractivity contribution is -0.153. The highest BCUT2D eigenvalue weighted by Crippen LogP contribution is 2.36. The standard InChI is InChI=1S/C17H19BrF4N4O/c18-15-14(4-3-12-16(15)23-24-26(12)7-10-1-2-10)27-13-5-6-25(8-11(13)19)9-17(20,21)22/h3-4,10-11,13H,1-2,5-9H2. The molecule has 10 heteroatoms. The Balaban J connectivity index is 1.45. The van der Waals surface area contributed by atoms with Crippen LogP contribution in [0.2, 0.25) is 0 Å². The maximum absolute atomic E-state index is 14.4. The van der Waals surface area contributed by atoms with Gasteiger partial charge in [-0.1, -0.05) is 5.21 Å². The Morgan fingerprint density at radius 3 is 2.67 bits per heavy atom. The van der Waals surface area contributed by atoms with E-state index in [0.29, 0.717) is 21.7 Å². The Bertz CT molecular complexity index is 823. The maximum Gasteiger partial charge on any atom is 0.401 e. The summed E-state index contributed by atoms with van der Waals surface area (Å²) in [7, 11) is 0. The maximum atomic E-state index is 14.4. The number of benzene rings is 1. The fourth-order valence-corrected chi connectivity index (χ4v) is 3.90. The second-order valence-electron chi connectivity index (χ2n) is 7.27. The molecule has 4 rings (SSSR count). The van der Waals surface area contributed by atoms with Crippen LogP contribution in [-0.4, -0.2) is 58.0 Å². The Morgan fingerprint density at radius 2 is 2.00 bits per heavy atom. The first-order valence-electron chi connectivity index (χ1n) is 8.91. The molecule has 2 aromatic rings. The van der Waals surface area contributed by atoms with Gasteiger partial charge in [0, 0.05) is 19.6 Å². The molecule has 2 heterocycles. The summed E-state index contributed by atoms with van der Waals surface area (Å²) in [5, 5.41) is 8.36. The van der Waals surface area contributed by atoms with E-state index >= 15 is 0 Å². The fraction of sp³-hybridized carbons (Fsp3) is 0.647. The normalized spacial score (nSPS) is 24.5. The lowest BCUT2D eigenvalue weighted by atomic mass is 10.1. The van der Waals surface area contributed by atoms with Gasteiger partial charge in [0.25, 0.3) is 0 Å². The van der Waals surface area contributed by atoms with E-state index in [2.05, 4.69) is 26.2 Å². The third-order valence-corrected chi connectivity index (χ3v) is 5.73. The minimum atomic E-state index is -4.33. The Hall–Kier alpha value is -1.42. The van der Waals surface area contributed by atoms with Crippen molar-refractivity contribution in [3.63, 3.8) is 0 Å². The molecule has 2 fully saturated rings. The van der Waals surface area contributed by atoms with Crippen molar-refractivity contribution in [2.24, 2.45) is 5.92 Å². The molecule has 0 N–H and O–H groups in total. The highest BCUT2D eigenvalue weighted by Gasteiger charge is 2.37. The number of hydrogen-bond acceptors (Lipinski definition) is 4. The van der Waals surface area contributed by atoms with Crippen LogP contribution in [0.15, 0.2) is 16.6 Å². The van der Waals surface area contributed by atoms with E-state index in [1.165, 1.54) is 12.8 Å². The first-order chi connectivity index (χ1) is 12.8. The lowest BCUT2D eigenvalue weighted by Gasteiger charge is -2.35. The second-order valence-corrected chi connectivity index (χ2v) is 8.06. The second kappa shape index (κ2) is 7.20. The number of fused-ring (bicyclic) bond motifs is 1. The summed E-state index contributed by atoms with van der Waals surface area (Å²) in [6.45, 7) is -0.420. The van der Waals surface area contributed by atoms with Gasteiger partial charge in [0.15, 0.2) is 0 Å². The van der Waals surface area contributed by atoms with Crippen molar-refractivity contribution >= 4 is 27.0 Å². The molecular weight excluding hydrogens is 432 g/mol. The molecular formula is C17H19BrF4N4O.